The Morgan fingerprint density at radius 2 is 1.67 bits per heavy atom. The van der Waals surface area contributed by atoms with Crippen LogP contribution in [0.3, 0.4) is 0 Å². The average Bonchev–Trinajstić information content (AvgIpc) is 3.48. The summed E-state index contributed by atoms with van der Waals surface area (Å²) in [7, 11) is 0. The van der Waals surface area contributed by atoms with Gasteiger partial charge < -0.3 is 14.7 Å². The van der Waals surface area contributed by atoms with Crippen LogP contribution in [0.1, 0.15) is 23.6 Å². The summed E-state index contributed by atoms with van der Waals surface area (Å²) >= 11 is 0. The molecule has 0 spiro atoms. The van der Waals surface area contributed by atoms with Gasteiger partial charge in [0.25, 0.3) is 5.89 Å². The van der Waals surface area contributed by atoms with Crippen molar-refractivity contribution in [1.29, 1.82) is 0 Å². The number of alkyl halides is 3. The van der Waals surface area contributed by atoms with E-state index < -0.39 is 23.6 Å². The number of hydrogen-bond donors (Lipinski definition) is 1. The van der Waals surface area contributed by atoms with Crippen LogP contribution in [0.2, 0.25) is 0 Å². The van der Waals surface area contributed by atoms with E-state index in [1.165, 1.54) is 25.1 Å². The average molecular weight is 596 g/mol. The molecular formula is C31H29F4N5O3. The van der Waals surface area contributed by atoms with Gasteiger partial charge in [-0.1, -0.05) is 47.6 Å². The number of nitrogens with zero attached hydrogens (tertiary/aromatic N) is 4. The van der Waals surface area contributed by atoms with E-state index in [2.05, 4.69) is 20.4 Å². The Morgan fingerprint density at radius 3 is 2.40 bits per heavy atom. The van der Waals surface area contributed by atoms with Gasteiger partial charge in [0.1, 0.15) is 11.9 Å². The van der Waals surface area contributed by atoms with Gasteiger partial charge in [-0.2, -0.15) is 18.2 Å². The molecule has 2 heterocycles. The largest absolute Gasteiger partial charge is 0.416 e. The van der Waals surface area contributed by atoms with Crippen LogP contribution in [-0.4, -0.2) is 64.0 Å². The van der Waals surface area contributed by atoms with E-state index in [1.807, 2.05) is 18.2 Å². The van der Waals surface area contributed by atoms with Crippen molar-refractivity contribution in [2.75, 3.05) is 26.2 Å². The molecule has 8 nitrogen and oxygen atoms in total. The van der Waals surface area contributed by atoms with E-state index >= 15 is 0 Å². The molecule has 224 valence electrons. The Balaban J connectivity index is 1.20. The van der Waals surface area contributed by atoms with Gasteiger partial charge in [-0.15, -0.1) is 0 Å². The third-order valence-corrected chi connectivity index (χ3v) is 7.20. The number of carbonyl (C=O) groups excluding carboxylic acids is 2. The zero-order valence-electron chi connectivity index (χ0n) is 23.3. The summed E-state index contributed by atoms with van der Waals surface area (Å²) < 4.78 is 58.8. The molecule has 0 bridgehead atoms. The first kappa shape index (κ1) is 29.9. The van der Waals surface area contributed by atoms with Crippen molar-refractivity contribution in [2.24, 2.45) is 0 Å². The molecule has 1 aromatic heterocycles. The topological polar surface area (TPSA) is 91.6 Å². The van der Waals surface area contributed by atoms with Crippen molar-refractivity contribution in [1.82, 2.24) is 25.3 Å². The first-order valence-electron chi connectivity index (χ1n) is 13.7. The third-order valence-electron chi connectivity index (χ3n) is 7.20. The summed E-state index contributed by atoms with van der Waals surface area (Å²) in [4.78, 5) is 33.2. The highest BCUT2D eigenvalue weighted by Crippen LogP contribution is 2.32. The number of aromatic nitrogens is 2. The maximum Gasteiger partial charge on any atom is 0.416 e. The van der Waals surface area contributed by atoms with E-state index in [0.29, 0.717) is 43.9 Å². The molecule has 1 saturated heterocycles. The predicted molar refractivity (Wildman–Crippen MR) is 150 cm³/mol. The molecule has 5 rings (SSSR count). The van der Waals surface area contributed by atoms with Gasteiger partial charge in [-0.3, -0.25) is 14.5 Å². The second-order valence-corrected chi connectivity index (χ2v) is 10.4. The van der Waals surface area contributed by atoms with Crippen LogP contribution in [0, 0.1) is 5.82 Å². The van der Waals surface area contributed by atoms with Gasteiger partial charge in [0.2, 0.25) is 17.6 Å². The van der Waals surface area contributed by atoms with E-state index in [0.717, 1.165) is 17.7 Å². The molecule has 0 saturated carbocycles. The third kappa shape index (κ3) is 7.44. The number of rotatable bonds is 8. The Labute approximate surface area is 245 Å². The lowest BCUT2D eigenvalue weighted by molar-refractivity contribution is -0.138. The van der Waals surface area contributed by atoms with Crippen LogP contribution in [0.4, 0.5) is 17.6 Å². The molecular weight excluding hydrogens is 566 g/mol. The number of carbonyl (C=O) groups is 2. The molecule has 1 unspecified atom stereocenters. The van der Waals surface area contributed by atoms with Crippen molar-refractivity contribution in [3.8, 4) is 22.8 Å². The molecule has 1 N–H and O–H groups in total. The van der Waals surface area contributed by atoms with E-state index in [1.54, 1.807) is 29.2 Å². The van der Waals surface area contributed by atoms with Gasteiger partial charge in [0.05, 0.1) is 5.56 Å². The smallest absolute Gasteiger partial charge is 0.344 e. The van der Waals surface area contributed by atoms with Crippen LogP contribution in [0.25, 0.3) is 22.8 Å². The number of benzene rings is 3. The Morgan fingerprint density at radius 1 is 0.953 bits per heavy atom. The van der Waals surface area contributed by atoms with Crippen molar-refractivity contribution >= 4 is 11.8 Å². The predicted octanol–water partition coefficient (Wildman–Crippen LogP) is 4.95. The van der Waals surface area contributed by atoms with Crippen molar-refractivity contribution in [2.45, 2.75) is 32.1 Å². The minimum absolute atomic E-state index is 0.0140. The lowest BCUT2D eigenvalue weighted by Gasteiger charge is -2.36. The van der Waals surface area contributed by atoms with Crippen LogP contribution >= 0.6 is 0 Å². The number of hydrogen-bond acceptors (Lipinski definition) is 6. The molecule has 3 aromatic carbocycles. The quantitative estimate of drug-likeness (QED) is 0.290. The standard InChI is InChI=1S/C31H29F4N5O3/c1-20(41)36-27(18-22-7-2-3-11-26(22)32)30(42)40-14-12-39(13-15-40)19-21-6-4-8-23(16-21)28-37-29(43-38-28)24-9-5-10-25(17-24)31(33,34)35/h2-11,16-17,27H,12-15,18-19H2,1H3,(H,36,41). The van der Waals surface area contributed by atoms with Crippen molar-refractivity contribution < 1.29 is 31.7 Å². The Kier molecular flexibility index (Phi) is 8.86. The fourth-order valence-electron chi connectivity index (χ4n) is 5.03. The van der Waals surface area contributed by atoms with Crippen molar-refractivity contribution in [3.05, 3.63) is 95.3 Å². The molecule has 1 fully saturated rings. The zero-order chi connectivity index (χ0) is 30.6. The summed E-state index contributed by atoms with van der Waals surface area (Å²) in [6.07, 6.45) is -4.43. The number of amides is 2. The summed E-state index contributed by atoms with van der Waals surface area (Å²) in [5.74, 6) is -0.806. The van der Waals surface area contributed by atoms with Crippen LogP contribution in [-0.2, 0) is 28.7 Å². The summed E-state index contributed by atoms with van der Waals surface area (Å²) in [6, 6.07) is 17.5. The van der Waals surface area contributed by atoms with E-state index in [4.69, 9.17) is 4.52 Å². The van der Waals surface area contributed by atoms with Crippen LogP contribution in [0.15, 0.2) is 77.3 Å². The van der Waals surface area contributed by atoms with Gasteiger partial charge in [0, 0.05) is 57.2 Å². The SMILES string of the molecule is CC(=O)NC(Cc1ccccc1F)C(=O)N1CCN(Cc2cccc(-c3noc(-c4cccc(C(F)(F)F)c4)n3)c2)CC1. The summed E-state index contributed by atoms with van der Waals surface area (Å²) in [6.45, 7) is 3.97. The second kappa shape index (κ2) is 12.7. The fourth-order valence-corrected chi connectivity index (χ4v) is 5.03. The number of nitrogens with one attached hydrogen (secondary N) is 1. The van der Waals surface area contributed by atoms with E-state index in [9.17, 15) is 27.2 Å². The molecule has 1 aliphatic rings. The van der Waals surface area contributed by atoms with Gasteiger partial charge in [-0.25, -0.2) is 4.39 Å². The Hall–Kier alpha value is -4.58. The molecule has 1 aliphatic heterocycles. The monoisotopic (exact) mass is 595 g/mol. The molecule has 43 heavy (non-hydrogen) atoms. The maximum absolute atomic E-state index is 14.2. The van der Waals surface area contributed by atoms with Crippen LogP contribution < -0.4 is 5.32 Å². The lowest BCUT2D eigenvalue weighted by atomic mass is 10.0. The van der Waals surface area contributed by atoms with Gasteiger partial charge in [-0.05, 0) is 41.5 Å². The minimum atomic E-state index is -4.49. The molecule has 1 atom stereocenters. The lowest BCUT2D eigenvalue weighted by Crippen LogP contribution is -2.55. The highest BCUT2D eigenvalue weighted by atomic mass is 19.4. The Bertz CT molecular complexity index is 1600. The summed E-state index contributed by atoms with van der Waals surface area (Å²) in [5.41, 5.74) is 1.34. The first-order valence-corrected chi connectivity index (χ1v) is 13.7. The minimum Gasteiger partial charge on any atom is -0.344 e. The highest BCUT2D eigenvalue weighted by Gasteiger charge is 2.31. The molecule has 0 aliphatic carbocycles. The zero-order valence-corrected chi connectivity index (χ0v) is 23.3. The second-order valence-electron chi connectivity index (χ2n) is 10.4. The fraction of sp³-hybridized carbons (Fsp3) is 0.290. The molecule has 4 aromatic rings. The number of halogens is 4. The molecule has 12 heteroatoms. The van der Waals surface area contributed by atoms with Crippen LogP contribution in [0.5, 0.6) is 0 Å². The highest BCUT2D eigenvalue weighted by molar-refractivity contribution is 5.87. The van der Waals surface area contributed by atoms with E-state index in [-0.39, 0.29) is 35.5 Å². The molecule has 2 amide bonds. The maximum atomic E-state index is 14.2. The molecule has 0 radical (unpaired) electrons. The van der Waals surface area contributed by atoms with Gasteiger partial charge in [0.15, 0.2) is 0 Å². The normalized spacial score (nSPS) is 14.9. The van der Waals surface area contributed by atoms with Crippen molar-refractivity contribution in [3.63, 3.8) is 0 Å². The summed E-state index contributed by atoms with van der Waals surface area (Å²) in [5, 5.41) is 6.63. The first-order chi connectivity index (χ1) is 20.6. The van der Waals surface area contributed by atoms with Gasteiger partial charge >= 0.3 is 6.18 Å². The number of piperazine rings is 1.